The second kappa shape index (κ2) is 6.70. The molecule has 4 nitrogen and oxygen atoms in total. The van der Waals surface area contributed by atoms with Crippen molar-refractivity contribution in [1.82, 2.24) is 5.32 Å². The van der Waals surface area contributed by atoms with Crippen LogP contribution in [0.2, 0.25) is 0 Å². The lowest BCUT2D eigenvalue weighted by atomic mass is 9.80. The fraction of sp³-hybridized carbons (Fsp3) is 0.500. The van der Waals surface area contributed by atoms with Gasteiger partial charge in [-0.25, -0.2) is 4.39 Å². The van der Waals surface area contributed by atoms with Gasteiger partial charge in [0.25, 0.3) is 0 Å². The summed E-state index contributed by atoms with van der Waals surface area (Å²) in [5.74, 6) is -1.52. The van der Waals surface area contributed by atoms with Gasteiger partial charge in [0.15, 0.2) is 0 Å². The molecule has 1 aliphatic rings. The van der Waals surface area contributed by atoms with Gasteiger partial charge in [-0.2, -0.15) is 0 Å². The topological polar surface area (TPSA) is 66.4 Å². The van der Waals surface area contributed by atoms with Crippen LogP contribution in [0.25, 0.3) is 0 Å². The van der Waals surface area contributed by atoms with Crippen molar-refractivity contribution in [2.75, 3.05) is 6.54 Å². The first-order valence-corrected chi connectivity index (χ1v) is 7.21. The Labute approximate surface area is 123 Å². The summed E-state index contributed by atoms with van der Waals surface area (Å²) in [6, 6.07) is 9.28. The predicted octanol–water partition coefficient (Wildman–Crippen LogP) is 2.33. The van der Waals surface area contributed by atoms with Gasteiger partial charge in [-0.3, -0.25) is 9.59 Å². The van der Waals surface area contributed by atoms with Gasteiger partial charge in [-0.05, 0) is 31.2 Å². The molecule has 0 aromatic heterocycles. The van der Waals surface area contributed by atoms with E-state index in [2.05, 4.69) is 5.32 Å². The Hall–Kier alpha value is -1.91. The molecule has 1 fully saturated rings. The average Bonchev–Trinajstić information content (AvgIpc) is 2.47. The third kappa shape index (κ3) is 4.55. The number of alkyl halides is 1. The van der Waals surface area contributed by atoms with Gasteiger partial charge in [-0.15, -0.1) is 0 Å². The van der Waals surface area contributed by atoms with E-state index in [-0.39, 0.29) is 31.7 Å². The van der Waals surface area contributed by atoms with Crippen LogP contribution < -0.4 is 5.32 Å². The maximum Gasteiger partial charge on any atom is 0.306 e. The Kier molecular flexibility index (Phi) is 4.94. The van der Waals surface area contributed by atoms with Gasteiger partial charge in [0.1, 0.15) is 5.67 Å². The number of aliphatic carboxylic acids is 1. The van der Waals surface area contributed by atoms with Gasteiger partial charge in [0, 0.05) is 0 Å². The SMILES string of the molecule is O=C(Cc1ccccc1)NCC1(F)CCC(C(=O)O)CC1. The number of carbonyl (C=O) groups is 2. The normalized spacial score (nSPS) is 25.3. The number of nitrogens with one attached hydrogen (secondary N) is 1. The van der Waals surface area contributed by atoms with E-state index in [1.165, 1.54) is 0 Å². The minimum Gasteiger partial charge on any atom is -0.481 e. The van der Waals surface area contributed by atoms with E-state index < -0.39 is 17.6 Å². The molecule has 0 spiro atoms. The smallest absolute Gasteiger partial charge is 0.306 e. The van der Waals surface area contributed by atoms with E-state index in [4.69, 9.17) is 5.11 Å². The summed E-state index contributed by atoms with van der Waals surface area (Å²) in [7, 11) is 0. The molecule has 0 radical (unpaired) electrons. The maximum atomic E-state index is 14.5. The van der Waals surface area contributed by atoms with Crippen molar-refractivity contribution in [2.24, 2.45) is 5.92 Å². The van der Waals surface area contributed by atoms with Crippen molar-refractivity contribution in [1.29, 1.82) is 0 Å². The molecule has 0 atom stereocenters. The standard InChI is InChI=1S/C16H20FNO3/c17-16(8-6-13(7-9-16)15(20)21)11-18-14(19)10-12-4-2-1-3-5-12/h1-5,13H,6-11H2,(H,18,19)(H,20,21). The first kappa shape index (κ1) is 15.5. The quantitative estimate of drug-likeness (QED) is 0.875. The Morgan fingerprint density at radius 2 is 1.86 bits per heavy atom. The van der Waals surface area contributed by atoms with Gasteiger partial charge >= 0.3 is 5.97 Å². The number of carboxylic acid groups (broad SMARTS) is 1. The van der Waals surface area contributed by atoms with Crippen molar-refractivity contribution in [3.05, 3.63) is 35.9 Å². The molecule has 0 saturated heterocycles. The molecule has 1 saturated carbocycles. The lowest BCUT2D eigenvalue weighted by Crippen LogP contribution is -2.43. The van der Waals surface area contributed by atoms with Crippen molar-refractivity contribution in [3.8, 4) is 0 Å². The lowest BCUT2D eigenvalue weighted by Gasteiger charge is -2.32. The highest BCUT2D eigenvalue weighted by Crippen LogP contribution is 2.34. The molecule has 0 aliphatic heterocycles. The first-order valence-electron chi connectivity index (χ1n) is 7.21. The molecule has 1 amide bonds. The van der Waals surface area contributed by atoms with E-state index in [1.807, 2.05) is 30.3 Å². The average molecular weight is 293 g/mol. The molecule has 1 aliphatic carbocycles. The third-order valence-corrected chi connectivity index (χ3v) is 4.04. The minimum absolute atomic E-state index is 0.0367. The molecule has 114 valence electrons. The van der Waals surface area contributed by atoms with Crippen molar-refractivity contribution in [2.45, 2.75) is 37.8 Å². The zero-order valence-electron chi connectivity index (χ0n) is 11.8. The number of hydrogen-bond acceptors (Lipinski definition) is 2. The summed E-state index contributed by atoms with van der Waals surface area (Å²) >= 11 is 0. The zero-order valence-corrected chi connectivity index (χ0v) is 11.8. The third-order valence-electron chi connectivity index (χ3n) is 4.04. The molecular weight excluding hydrogens is 273 g/mol. The summed E-state index contributed by atoms with van der Waals surface area (Å²) < 4.78 is 14.5. The Bertz CT molecular complexity index is 496. The van der Waals surface area contributed by atoms with E-state index in [0.29, 0.717) is 12.8 Å². The highest BCUT2D eigenvalue weighted by molar-refractivity contribution is 5.78. The van der Waals surface area contributed by atoms with Crippen molar-refractivity contribution in [3.63, 3.8) is 0 Å². The zero-order chi connectivity index (χ0) is 15.3. The number of rotatable bonds is 5. The first-order chi connectivity index (χ1) is 9.98. The number of benzene rings is 1. The summed E-state index contributed by atoms with van der Waals surface area (Å²) in [6.45, 7) is -0.0367. The fourth-order valence-corrected chi connectivity index (χ4v) is 2.66. The van der Waals surface area contributed by atoms with Crippen LogP contribution in [0.1, 0.15) is 31.2 Å². The highest BCUT2D eigenvalue weighted by atomic mass is 19.1. The van der Waals surface area contributed by atoms with Gasteiger partial charge in [0.05, 0.1) is 18.9 Å². The second-order valence-electron chi connectivity index (χ2n) is 5.70. The number of hydrogen-bond donors (Lipinski definition) is 2. The largest absolute Gasteiger partial charge is 0.481 e. The van der Waals surface area contributed by atoms with Crippen LogP contribution in [0.3, 0.4) is 0 Å². The summed E-state index contributed by atoms with van der Waals surface area (Å²) in [5.41, 5.74) is -0.587. The van der Waals surface area contributed by atoms with Crippen LogP contribution in [0.15, 0.2) is 30.3 Å². The van der Waals surface area contributed by atoms with Crippen LogP contribution in [0, 0.1) is 5.92 Å². The van der Waals surface area contributed by atoms with Crippen molar-refractivity contribution >= 4 is 11.9 Å². The predicted molar refractivity (Wildman–Crippen MR) is 76.6 cm³/mol. The van der Waals surface area contributed by atoms with Crippen LogP contribution in [-0.2, 0) is 16.0 Å². The summed E-state index contributed by atoms with van der Waals surface area (Å²) in [4.78, 5) is 22.6. The fourth-order valence-electron chi connectivity index (χ4n) is 2.66. The molecule has 1 aromatic rings. The van der Waals surface area contributed by atoms with Gasteiger partial charge in [0.2, 0.25) is 5.91 Å². The minimum atomic E-state index is -1.47. The lowest BCUT2D eigenvalue weighted by molar-refractivity contribution is -0.144. The maximum absolute atomic E-state index is 14.5. The van der Waals surface area contributed by atoms with E-state index in [1.54, 1.807) is 0 Å². The van der Waals surface area contributed by atoms with Gasteiger partial charge < -0.3 is 10.4 Å². The highest BCUT2D eigenvalue weighted by Gasteiger charge is 2.37. The molecule has 2 N–H and O–H groups in total. The number of amides is 1. The molecule has 5 heteroatoms. The Morgan fingerprint density at radius 3 is 2.43 bits per heavy atom. The molecular formula is C16H20FNO3. The van der Waals surface area contributed by atoms with Gasteiger partial charge in [-0.1, -0.05) is 30.3 Å². The van der Waals surface area contributed by atoms with Crippen LogP contribution >= 0.6 is 0 Å². The monoisotopic (exact) mass is 293 g/mol. The Balaban J connectivity index is 1.77. The van der Waals surface area contributed by atoms with Crippen LogP contribution in [0.5, 0.6) is 0 Å². The van der Waals surface area contributed by atoms with E-state index >= 15 is 0 Å². The number of halogens is 1. The molecule has 0 bridgehead atoms. The molecule has 1 aromatic carbocycles. The second-order valence-corrected chi connectivity index (χ2v) is 5.70. The number of carbonyl (C=O) groups excluding carboxylic acids is 1. The molecule has 2 rings (SSSR count). The number of carboxylic acids is 1. The summed E-state index contributed by atoms with van der Waals surface area (Å²) in [5, 5.41) is 11.5. The summed E-state index contributed by atoms with van der Waals surface area (Å²) in [6.07, 6.45) is 1.28. The molecule has 0 unspecified atom stereocenters. The Morgan fingerprint density at radius 1 is 1.24 bits per heavy atom. The van der Waals surface area contributed by atoms with Crippen LogP contribution in [0.4, 0.5) is 4.39 Å². The molecule has 21 heavy (non-hydrogen) atoms. The van der Waals surface area contributed by atoms with E-state index in [0.717, 1.165) is 5.56 Å². The van der Waals surface area contributed by atoms with Crippen LogP contribution in [-0.4, -0.2) is 29.2 Å². The van der Waals surface area contributed by atoms with Crippen molar-refractivity contribution < 1.29 is 19.1 Å². The molecule has 0 heterocycles. The van der Waals surface area contributed by atoms with E-state index in [9.17, 15) is 14.0 Å².